The van der Waals surface area contributed by atoms with E-state index in [9.17, 15) is 4.79 Å². The third-order valence-electron chi connectivity index (χ3n) is 3.90. The third-order valence-corrected chi connectivity index (χ3v) is 4.26. The lowest BCUT2D eigenvalue weighted by Crippen LogP contribution is -2.23. The molecule has 0 aliphatic heterocycles. The van der Waals surface area contributed by atoms with Gasteiger partial charge in [-0.15, -0.1) is 0 Å². The number of benzene rings is 2. The first-order valence-electron chi connectivity index (χ1n) is 7.73. The van der Waals surface area contributed by atoms with Gasteiger partial charge in [0.15, 0.2) is 0 Å². The average molecular weight is 340 g/mol. The molecule has 0 saturated carbocycles. The number of hydrogen-bond donors (Lipinski definition) is 1. The second-order valence-corrected chi connectivity index (χ2v) is 6.13. The second kappa shape index (κ2) is 6.93. The summed E-state index contributed by atoms with van der Waals surface area (Å²) in [6.45, 7) is 4.20. The van der Waals surface area contributed by atoms with Crippen molar-refractivity contribution < 1.29 is 9.21 Å². The highest BCUT2D eigenvalue weighted by Crippen LogP contribution is 2.26. The fraction of sp³-hybridized carbons (Fsp3) is 0.150. The van der Waals surface area contributed by atoms with E-state index in [-0.39, 0.29) is 5.91 Å². The average Bonchev–Trinajstić information content (AvgIpc) is 2.96. The number of aryl methyl sites for hydroxylation is 2. The van der Waals surface area contributed by atoms with Gasteiger partial charge in [-0.2, -0.15) is 0 Å². The summed E-state index contributed by atoms with van der Waals surface area (Å²) in [7, 11) is 0. The lowest BCUT2D eigenvalue weighted by atomic mass is 10.1. The van der Waals surface area contributed by atoms with Crippen LogP contribution in [0.3, 0.4) is 0 Å². The predicted molar refractivity (Wildman–Crippen MR) is 96.2 cm³/mol. The van der Waals surface area contributed by atoms with E-state index >= 15 is 0 Å². The Hall–Kier alpha value is -2.52. The van der Waals surface area contributed by atoms with Crippen molar-refractivity contribution in [2.24, 2.45) is 0 Å². The summed E-state index contributed by atoms with van der Waals surface area (Å²) in [5.74, 6) is 1.12. The fourth-order valence-corrected chi connectivity index (χ4v) is 2.68. The first-order valence-corrected chi connectivity index (χ1v) is 8.11. The molecule has 4 heteroatoms. The van der Waals surface area contributed by atoms with E-state index in [1.165, 1.54) is 5.56 Å². The van der Waals surface area contributed by atoms with Crippen molar-refractivity contribution in [3.63, 3.8) is 0 Å². The van der Waals surface area contributed by atoms with Crippen LogP contribution in [0, 0.1) is 13.8 Å². The van der Waals surface area contributed by atoms with E-state index in [4.69, 9.17) is 16.0 Å². The third kappa shape index (κ3) is 3.52. The second-order valence-electron chi connectivity index (χ2n) is 5.72. The van der Waals surface area contributed by atoms with Crippen molar-refractivity contribution in [2.75, 3.05) is 0 Å². The fourth-order valence-electron chi connectivity index (χ4n) is 2.48. The summed E-state index contributed by atoms with van der Waals surface area (Å²) in [6.07, 6.45) is 0. The molecular weight excluding hydrogens is 322 g/mol. The molecule has 2 aromatic carbocycles. The maximum Gasteiger partial charge on any atom is 0.255 e. The van der Waals surface area contributed by atoms with Crippen LogP contribution in [0.15, 0.2) is 59.0 Å². The largest absolute Gasteiger partial charge is 0.461 e. The van der Waals surface area contributed by atoms with E-state index in [0.29, 0.717) is 28.7 Å². The lowest BCUT2D eigenvalue weighted by Gasteiger charge is -2.06. The van der Waals surface area contributed by atoms with Gasteiger partial charge in [0.05, 0.1) is 5.56 Å². The van der Waals surface area contributed by atoms with E-state index < -0.39 is 0 Å². The number of hydrogen-bond acceptors (Lipinski definition) is 2. The summed E-state index contributed by atoms with van der Waals surface area (Å²) in [4.78, 5) is 12.4. The Labute approximate surface area is 146 Å². The van der Waals surface area contributed by atoms with Gasteiger partial charge < -0.3 is 9.73 Å². The Morgan fingerprint density at radius 2 is 1.79 bits per heavy atom. The highest BCUT2D eigenvalue weighted by Gasteiger charge is 2.16. The van der Waals surface area contributed by atoms with Crippen LogP contribution in [0.2, 0.25) is 5.02 Å². The standard InChI is InChI=1S/C20H18ClNO2/c1-13-7-9-15(10-8-13)19-11-17(14(2)24-19)20(23)22-12-16-5-3-4-6-18(16)21/h3-11H,12H2,1-2H3,(H,22,23). The molecule has 1 amide bonds. The number of carbonyl (C=O) groups excluding carboxylic acids is 1. The van der Waals surface area contributed by atoms with Gasteiger partial charge in [0.2, 0.25) is 0 Å². The molecule has 0 radical (unpaired) electrons. The van der Waals surface area contributed by atoms with Gasteiger partial charge in [0.1, 0.15) is 11.5 Å². The molecule has 122 valence electrons. The van der Waals surface area contributed by atoms with Crippen molar-refractivity contribution in [3.05, 3.63) is 82.1 Å². The molecule has 3 nitrogen and oxygen atoms in total. The molecule has 0 bridgehead atoms. The topological polar surface area (TPSA) is 42.2 Å². The highest BCUT2D eigenvalue weighted by molar-refractivity contribution is 6.31. The number of halogens is 1. The van der Waals surface area contributed by atoms with Gasteiger partial charge in [-0.3, -0.25) is 4.79 Å². The number of nitrogens with one attached hydrogen (secondary N) is 1. The van der Waals surface area contributed by atoms with Gasteiger partial charge in [0, 0.05) is 17.1 Å². The maximum absolute atomic E-state index is 12.4. The summed E-state index contributed by atoms with van der Waals surface area (Å²) in [5, 5.41) is 3.53. The zero-order valence-electron chi connectivity index (χ0n) is 13.6. The Morgan fingerprint density at radius 1 is 1.08 bits per heavy atom. The molecule has 0 spiro atoms. The SMILES string of the molecule is Cc1ccc(-c2cc(C(=O)NCc3ccccc3Cl)c(C)o2)cc1. The molecule has 0 aliphatic rings. The minimum Gasteiger partial charge on any atom is -0.461 e. The molecule has 3 rings (SSSR count). The molecule has 0 atom stereocenters. The molecule has 3 aromatic rings. The van der Waals surface area contributed by atoms with Gasteiger partial charge in [-0.1, -0.05) is 59.6 Å². The molecule has 0 aliphatic carbocycles. The summed E-state index contributed by atoms with van der Waals surface area (Å²) in [6, 6.07) is 17.2. The first kappa shape index (κ1) is 16.3. The van der Waals surface area contributed by atoms with E-state index in [1.54, 1.807) is 13.0 Å². The van der Waals surface area contributed by atoms with E-state index in [0.717, 1.165) is 11.1 Å². The number of rotatable bonds is 4. The zero-order valence-corrected chi connectivity index (χ0v) is 14.4. The van der Waals surface area contributed by atoms with Crippen LogP contribution in [0.25, 0.3) is 11.3 Å². The molecular formula is C20H18ClNO2. The van der Waals surface area contributed by atoms with Gasteiger partial charge in [-0.05, 0) is 31.5 Å². The van der Waals surface area contributed by atoms with Crippen LogP contribution in [0.1, 0.15) is 27.2 Å². The normalized spacial score (nSPS) is 10.6. The monoisotopic (exact) mass is 339 g/mol. The molecule has 1 N–H and O–H groups in total. The quantitative estimate of drug-likeness (QED) is 0.714. The lowest BCUT2D eigenvalue weighted by molar-refractivity contribution is 0.0949. The van der Waals surface area contributed by atoms with Crippen molar-refractivity contribution in [2.45, 2.75) is 20.4 Å². The molecule has 24 heavy (non-hydrogen) atoms. The minimum absolute atomic E-state index is 0.172. The Kier molecular flexibility index (Phi) is 4.72. The highest BCUT2D eigenvalue weighted by atomic mass is 35.5. The molecule has 0 unspecified atom stereocenters. The maximum atomic E-state index is 12.4. The Bertz CT molecular complexity index is 866. The summed E-state index contributed by atoms with van der Waals surface area (Å²) >= 11 is 6.11. The van der Waals surface area contributed by atoms with Gasteiger partial charge >= 0.3 is 0 Å². The number of furan rings is 1. The van der Waals surface area contributed by atoms with E-state index in [2.05, 4.69) is 5.32 Å². The van der Waals surface area contributed by atoms with Crippen LogP contribution in [0.5, 0.6) is 0 Å². The molecule has 0 fully saturated rings. The summed E-state index contributed by atoms with van der Waals surface area (Å²) < 4.78 is 5.75. The van der Waals surface area contributed by atoms with Crippen molar-refractivity contribution in [1.29, 1.82) is 0 Å². The Balaban J connectivity index is 1.76. The molecule has 1 heterocycles. The predicted octanol–water partition coefficient (Wildman–Crippen LogP) is 5.15. The van der Waals surface area contributed by atoms with Gasteiger partial charge in [0.25, 0.3) is 5.91 Å². The first-order chi connectivity index (χ1) is 11.5. The van der Waals surface area contributed by atoms with E-state index in [1.807, 2.05) is 55.5 Å². The minimum atomic E-state index is -0.172. The Morgan fingerprint density at radius 3 is 2.50 bits per heavy atom. The summed E-state index contributed by atoms with van der Waals surface area (Å²) in [5.41, 5.74) is 3.55. The van der Waals surface area contributed by atoms with Crippen molar-refractivity contribution in [3.8, 4) is 11.3 Å². The zero-order chi connectivity index (χ0) is 17.1. The van der Waals surface area contributed by atoms with Crippen molar-refractivity contribution >= 4 is 17.5 Å². The van der Waals surface area contributed by atoms with Gasteiger partial charge in [-0.25, -0.2) is 0 Å². The number of amides is 1. The van der Waals surface area contributed by atoms with Crippen LogP contribution < -0.4 is 5.32 Å². The smallest absolute Gasteiger partial charge is 0.255 e. The van der Waals surface area contributed by atoms with Crippen molar-refractivity contribution in [1.82, 2.24) is 5.32 Å². The van der Waals surface area contributed by atoms with Crippen LogP contribution in [0.4, 0.5) is 0 Å². The van der Waals surface area contributed by atoms with Crippen LogP contribution in [-0.2, 0) is 6.54 Å². The van der Waals surface area contributed by atoms with Crippen LogP contribution in [-0.4, -0.2) is 5.91 Å². The number of carbonyl (C=O) groups is 1. The molecule has 1 aromatic heterocycles. The van der Waals surface area contributed by atoms with Crippen LogP contribution >= 0.6 is 11.6 Å². The molecule has 0 saturated heterocycles.